The highest BCUT2D eigenvalue weighted by atomic mass is 16.5. The van der Waals surface area contributed by atoms with E-state index in [4.69, 9.17) is 4.74 Å². The molecule has 0 radical (unpaired) electrons. The van der Waals surface area contributed by atoms with Crippen LogP contribution in [0.4, 0.5) is 0 Å². The molecule has 1 fully saturated rings. The van der Waals surface area contributed by atoms with E-state index < -0.39 is 0 Å². The van der Waals surface area contributed by atoms with Gasteiger partial charge in [0.2, 0.25) is 0 Å². The summed E-state index contributed by atoms with van der Waals surface area (Å²) in [6.45, 7) is 6.92. The molecule has 0 spiro atoms. The fourth-order valence-corrected chi connectivity index (χ4v) is 2.11. The molecular formula is C12H21N3O. The minimum atomic E-state index is 0.450. The van der Waals surface area contributed by atoms with Gasteiger partial charge >= 0.3 is 0 Å². The third-order valence-corrected chi connectivity index (χ3v) is 3.03. The number of rotatable bonds is 5. The average molecular weight is 223 g/mol. The Hall–Kier alpha value is -0.870. The first-order chi connectivity index (χ1) is 7.77. The van der Waals surface area contributed by atoms with Crippen molar-refractivity contribution in [1.29, 1.82) is 0 Å². The van der Waals surface area contributed by atoms with Gasteiger partial charge in [0.25, 0.3) is 0 Å². The predicted molar refractivity (Wildman–Crippen MR) is 63.3 cm³/mol. The summed E-state index contributed by atoms with van der Waals surface area (Å²) in [5, 5.41) is 3.43. The summed E-state index contributed by atoms with van der Waals surface area (Å²) in [6.07, 6.45) is 6.28. The molecule has 1 aromatic rings. The van der Waals surface area contributed by atoms with E-state index in [0.717, 1.165) is 18.8 Å². The number of imidazole rings is 1. The number of nitrogens with one attached hydrogen (secondary N) is 1. The quantitative estimate of drug-likeness (QED) is 0.826. The molecule has 4 nitrogen and oxygen atoms in total. The van der Waals surface area contributed by atoms with Crippen molar-refractivity contribution in [2.45, 2.75) is 45.4 Å². The van der Waals surface area contributed by atoms with E-state index >= 15 is 0 Å². The van der Waals surface area contributed by atoms with Crippen molar-refractivity contribution in [2.24, 2.45) is 0 Å². The van der Waals surface area contributed by atoms with Crippen LogP contribution in [0.2, 0.25) is 0 Å². The zero-order chi connectivity index (χ0) is 11.4. The summed E-state index contributed by atoms with van der Waals surface area (Å²) in [5.41, 5.74) is 1.16. The summed E-state index contributed by atoms with van der Waals surface area (Å²) < 4.78 is 7.88. The van der Waals surface area contributed by atoms with E-state index in [1.165, 1.54) is 12.8 Å². The maximum absolute atomic E-state index is 5.73. The van der Waals surface area contributed by atoms with Crippen LogP contribution in [0.5, 0.6) is 0 Å². The summed E-state index contributed by atoms with van der Waals surface area (Å²) in [6, 6.07) is 1.00. The molecule has 0 aromatic carbocycles. The molecule has 1 atom stereocenters. The van der Waals surface area contributed by atoms with Crippen molar-refractivity contribution in [3.05, 3.63) is 18.2 Å². The average Bonchev–Trinajstić information content (AvgIpc) is 2.87. The second-order valence-corrected chi connectivity index (χ2v) is 4.69. The van der Waals surface area contributed by atoms with Gasteiger partial charge in [-0.3, -0.25) is 0 Å². The second-order valence-electron chi connectivity index (χ2n) is 4.69. The van der Waals surface area contributed by atoms with Gasteiger partial charge in [-0.25, -0.2) is 4.98 Å². The summed E-state index contributed by atoms with van der Waals surface area (Å²) >= 11 is 0. The lowest BCUT2D eigenvalue weighted by Crippen LogP contribution is -2.26. The molecule has 0 bridgehead atoms. The van der Waals surface area contributed by atoms with Crippen LogP contribution in [-0.4, -0.2) is 28.7 Å². The molecule has 4 heteroatoms. The zero-order valence-electron chi connectivity index (χ0n) is 10.1. The molecule has 1 N–H and O–H groups in total. The van der Waals surface area contributed by atoms with Crippen LogP contribution in [0.15, 0.2) is 12.5 Å². The predicted octanol–water partition coefficient (Wildman–Crippen LogP) is 1.73. The first kappa shape index (κ1) is 11.6. The third-order valence-electron chi connectivity index (χ3n) is 3.03. The molecule has 16 heavy (non-hydrogen) atoms. The Bertz CT molecular complexity index is 316. The van der Waals surface area contributed by atoms with Gasteiger partial charge in [0.15, 0.2) is 0 Å². The molecule has 90 valence electrons. The van der Waals surface area contributed by atoms with Crippen LogP contribution in [0, 0.1) is 0 Å². The molecule has 1 aliphatic heterocycles. The van der Waals surface area contributed by atoms with Gasteiger partial charge in [0, 0.05) is 12.1 Å². The van der Waals surface area contributed by atoms with Crippen molar-refractivity contribution in [1.82, 2.24) is 14.9 Å². The summed E-state index contributed by atoms with van der Waals surface area (Å²) in [5.74, 6) is 0. The lowest BCUT2D eigenvalue weighted by Gasteiger charge is -2.14. The van der Waals surface area contributed by atoms with Crippen LogP contribution in [0.1, 0.15) is 38.4 Å². The van der Waals surface area contributed by atoms with Gasteiger partial charge in [-0.1, -0.05) is 0 Å². The van der Waals surface area contributed by atoms with Crippen LogP contribution >= 0.6 is 0 Å². The van der Waals surface area contributed by atoms with E-state index in [0.29, 0.717) is 18.7 Å². The van der Waals surface area contributed by atoms with Crippen LogP contribution in [-0.2, 0) is 11.3 Å². The SMILES string of the molecule is CC(C)n1cncc1COCC1CCCN1. The van der Waals surface area contributed by atoms with E-state index in [1.807, 2.05) is 12.5 Å². The molecule has 1 saturated heterocycles. The monoisotopic (exact) mass is 223 g/mol. The topological polar surface area (TPSA) is 39.1 Å². The lowest BCUT2D eigenvalue weighted by molar-refractivity contribution is 0.0982. The Morgan fingerprint density at radius 3 is 3.19 bits per heavy atom. The Balaban J connectivity index is 1.78. The van der Waals surface area contributed by atoms with E-state index in [9.17, 15) is 0 Å². The van der Waals surface area contributed by atoms with Crippen molar-refractivity contribution in [3.63, 3.8) is 0 Å². The third kappa shape index (κ3) is 2.83. The largest absolute Gasteiger partial charge is 0.374 e. The maximum atomic E-state index is 5.73. The number of aromatic nitrogens is 2. The van der Waals surface area contributed by atoms with Gasteiger partial charge in [-0.15, -0.1) is 0 Å². The van der Waals surface area contributed by atoms with Crippen molar-refractivity contribution in [2.75, 3.05) is 13.2 Å². The minimum Gasteiger partial charge on any atom is -0.374 e. The zero-order valence-corrected chi connectivity index (χ0v) is 10.1. The van der Waals surface area contributed by atoms with Gasteiger partial charge in [0.1, 0.15) is 0 Å². The Morgan fingerprint density at radius 1 is 1.62 bits per heavy atom. The summed E-state index contributed by atoms with van der Waals surface area (Å²) in [4.78, 5) is 4.16. The maximum Gasteiger partial charge on any atom is 0.0951 e. The van der Waals surface area contributed by atoms with Gasteiger partial charge < -0.3 is 14.6 Å². The molecule has 1 aromatic heterocycles. The standard InChI is InChI=1S/C12H21N3O/c1-10(2)15-9-13-6-12(15)8-16-7-11-4-3-5-14-11/h6,9-11,14H,3-5,7-8H2,1-2H3. The fourth-order valence-electron chi connectivity index (χ4n) is 2.11. The molecule has 0 aliphatic carbocycles. The first-order valence-electron chi connectivity index (χ1n) is 6.09. The number of ether oxygens (including phenoxy) is 1. The van der Waals surface area contributed by atoms with E-state index in [1.54, 1.807) is 0 Å². The van der Waals surface area contributed by atoms with E-state index in [2.05, 4.69) is 28.7 Å². The van der Waals surface area contributed by atoms with Crippen molar-refractivity contribution < 1.29 is 4.74 Å². The van der Waals surface area contributed by atoms with Gasteiger partial charge in [0.05, 0.1) is 31.4 Å². The Morgan fingerprint density at radius 2 is 2.50 bits per heavy atom. The normalized spacial score (nSPS) is 20.8. The van der Waals surface area contributed by atoms with Crippen LogP contribution < -0.4 is 5.32 Å². The molecule has 2 heterocycles. The highest BCUT2D eigenvalue weighted by Gasteiger charge is 2.14. The molecule has 0 saturated carbocycles. The summed E-state index contributed by atoms with van der Waals surface area (Å²) in [7, 11) is 0. The van der Waals surface area contributed by atoms with Crippen molar-refractivity contribution >= 4 is 0 Å². The molecular weight excluding hydrogens is 202 g/mol. The number of hydrogen-bond acceptors (Lipinski definition) is 3. The van der Waals surface area contributed by atoms with Crippen LogP contribution in [0.25, 0.3) is 0 Å². The van der Waals surface area contributed by atoms with Gasteiger partial charge in [-0.2, -0.15) is 0 Å². The number of hydrogen-bond donors (Lipinski definition) is 1. The highest BCUT2D eigenvalue weighted by Crippen LogP contribution is 2.11. The Kier molecular flexibility index (Phi) is 3.96. The molecule has 0 amide bonds. The molecule has 2 rings (SSSR count). The smallest absolute Gasteiger partial charge is 0.0951 e. The van der Waals surface area contributed by atoms with Gasteiger partial charge in [-0.05, 0) is 33.2 Å². The highest BCUT2D eigenvalue weighted by molar-refractivity contribution is 4.98. The molecule has 1 unspecified atom stereocenters. The minimum absolute atomic E-state index is 0.450. The Labute approximate surface area is 97.0 Å². The molecule has 1 aliphatic rings. The second kappa shape index (κ2) is 5.46. The van der Waals surface area contributed by atoms with Crippen molar-refractivity contribution in [3.8, 4) is 0 Å². The first-order valence-corrected chi connectivity index (χ1v) is 6.09. The lowest BCUT2D eigenvalue weighted by atomic mass is 10.2. The van der Waals surface area contributed by atoms with Crippen LogP contribution in [0.3, 0.4) is 0 Å². The fraction of sp³-hybridized carbons (Fsp3) is 0.750. The number of nitrogens with zero attached hydrogens (tertiary/aromatic N) is 2. The van der Waals surface area contributed by atoms with E-state index in [-0.39, 0.29) is 0 Å².